The van der Waals surface area contributed by atoms with Crippen LogP contribution in [0.1, 0.15) is 25.8 Å². The zero-order valence-corrected chi connectivity index (χ0v) is 9.83. The molecule has 1 aliphatic carbocycles. The molecule has 0 atom stereocenters. The van der Waals surface area contributed by atoms with Crippen molar-refractivity contribution in [2.45, 2.75) is 26.7 Å². The quantitative estimate of drug-likeness (QED) is 0.707. The summed E-state index contributed by atoms with van der Waals surface area (Å²) < 4.78 is 12.7. The second kappa shape index (κ2) is 4.65. The number of benzene rings is 1. The summed E-state index contributed by atoms with van der Waals surface area (Å²) in [7, 11) is 0. The monoisotopic (exact) mass is 216 g/mol. The van der Waals surface area contributed by atoms with Crippen molar-refractivity contribution in [3.8, 4) is 0 Å². The SMILES string of the molecule is CC(C)C1=CC(Cc2ccc(F)cc2)=CC1. The first-order valence-corrected chi connectivity index (χ1v) is 5.79. The van der Waals surface area contributed by atoms with Gasteiger partial charge in [-0.05, 0) is 42.0 Å². The molecule has 0 spiro atoms. The first-order chi connectivity index (χ1) is 7.65. The van der Waals surface area contributed by atoms with Crippen molar-refractivity contribution in [1.82, 2.24) is 0 Å². The van der Waals surface area contributed by atoms with Crippen LogP contribution in [0.4, 0.5) is 4.39 Å². The molecule has 0 nitrogen and oxygen atoms in total. The Morgan fingerprint density at radius 2 is 1.88 bits per heavy atom. The Bertz CT molecular complexity index is 421. The molecule has 16 heavy (non-hydrogen) atoms. The highest BCUT2D eigenvalue weighted by atomic mass is 19.1. The van der Waals surface area contributed by atoms with Gasteiger partial charge < -0.3 is 0 Å². The Morgan fingerprint density at radius 1 is 1.19 bits per heavy atom. The first kappa shape index (κ1) is 11.1. The molecule has 0 radical (unpaired) electrons. The Hall–Kier alpha value is -1.37. The van der Waals surface area contributed by atoms with Crippen LogP contribution in [0.15, 0.2) is 47.6 Å². The fraction of sp³-hybridized carbons (Fsp3) is 0.333. The van der Waals surface area contributed by atoms with Crippen LogP contribution < -0.4 is 0 Å². The summed E-state index contributed by atoms with van der Waals surface area (Å²) >= 11 is 0. The maximum Gasteiger partial charge on any atom is 0.123 e. The van der Waals surface area contributed by atoms with Crippen LogP contribution in [0.5, 0.6) is 0 Å². The molecule has 0 unspecified atom stereocenters. The number of rotatable bonds is 3. The lowest BCUT2D eigenvalue weighted by Gasteiger charge is -2.04. The van der Waals surface area contributed by atoms with Gasteiger partial charge in [0.05, 0.1) is 0 Å². The van der Waals surface area contributed by atoms with Crippen LogP contribution in [-0.2, 0) is 6.42 Å². The Labute approximate surface area is 96.5 Å². The van der Waals surface area contributed by atoms with Gasteiger partial charge in [-0.15, -0.1) is 0 Å². The standard InChI is InChI=1S/C15H17F/c1-11(2)14-6-3-13(10-14)9-12-4-7-15(16)8-5-12/h3-5,7-8,10-11H,6,9H2,1-2H3. The minimum absolute atomic E-state index is 0.164. The lowest BCUT2D eigenvalue weighted by Crippen LogP contribution is -1.90. The second-order valence-corrected chi connectivity index (χ2v) is 4.66. The maximum absolute atomic E-state index is 12.7. The summed E-state index contributed by atoms with van der Waals surface area (Å²) in [5, 5.41) is 0. The van der Waals surface area contributed by atoms with Gasteiger partial charge in [-0.3, -0.25) is 0 Å². The smallest absolute Gasteiger partial charge is 0.123 e. The molecule has 2 rings (SSSR count). The molecule has 0 saturated carbocycles. The fourth-order valence-electron chi connectivity index (χ4n) is 1.97. The lowest BCUT2D eigenvalue weighted by atomic mass is 10.0. The van der Waals surface area contributed by atoms with E-state index in [1.807, 2.05) is 12.1 Å². The summed E-state index contributed by atoms with van der Waals surface area (Å²) in [4.78, 5) is 0. The van der Waals surface area contributed by atoms with Crippen LogP contribution in [0.25, 0.3) is 0 Å². The molecule has 1 aromatic rings. The third-order valence-corrected chi connectivity index (χ3v) is 3.03. The minimum Gasteiger partial charge on any atom is -0.207 e. The van der Waals surface area contributed by atoms with Gasteiger partial charge in [-0.2, -0.15) is 0 Å². The number of hydrogen-bond acceptors (Lipinski definition) is 0. The van der Waals surface area contributed by atoms with Crippen molar-refractivity contribution in [2.75, 3.05) is 0 Å². The molecule has 1 aromatic carbocycles. The highest BCUT2D eigenvalue weighted by Gasteiger charge is 2.09. The van der Waals surface area contributed by atoms with E-state index in [-0.39, 0.29) is 5.82 Å². The third kappa shape index (κ3) is 2.60. The maximum atomic E-state index is 12.7. The van der Waals surface area contributed by atoms with Gasteiger partial charge in [0.25, 0.3) is 0 Å². The van der Waals surface area contributed by atoms with E-state index in [0.717, 1.165) is 12.8 Å². The summed E-state index contributed by atoms with van der Waals surface area (Å²) in [6.07, 6.45) is 6.55. The lowest BCUT2D eigenvalue weighted by molar-refractivity contribution is 0.627. The molecule has 1 heteroatoms. The van der Waals surface area contributed by atoms with Crippen LogP contribution >= 0.6 is 0 Å². The highest BCUT2D eigenvalue weighted by Crippen LogP contribution is 2.26. The van der Waals surface area contributed by atoms with E-state index < -0.39 is 0 Å². The number of halogens is 1. The van der Waals surface area contributed by atoms with E-state index in [9.17, 15) is 4.39 Å². The van der Waals surface area contributed by atoms with E-state index in [1.54, 1.807) is 0 Å². The summed E-state index contributed by atoms with van der Waals surface area (Å²) in [6.45, 7) is 4.45. The molecule has 0 bridgehead atoms. The Kier molecular flexibility index (Phi) is 3.23. The van der Waals surface area contributed by atoms with Crippen LogP contribution in [0.2, 0.25) is 0 Å². The molecular weight excluding hydrogens is 199 g/mol. The zero-order valence-electron chi connectivity index (χ0n) is 9.83. The highest BCUT2D eigenvalue weighted by molar-refractivity contribution is 5.37. The van der Waals surface area contributed by atoms with E-state index >= 15 is 0 Å². The van der Waals surface area contributed by atoms with E-state index in [1.165, 1.54) is 28.8 Å². The molecule has 0 aromatic heterocycles. The van der Waals surface area contributed by atoms with Crippen LogP contribution in [0, 0.1) is 11.7 Å². The van der Waals surface area contributed by atoms with Gasteiger partial charge in [0.15, 0.2) is 0 Å². The predicted molar refractivity (Wildman–Crippen MR) is 65.7 cm³/mol. The first-order valence-electron chi connectivity index (χ1n) is 5.79. The van der Waals surface area contributed by atoms with Crippen molar-refractivity contribution in [3.63, 3.8) is 0 Å². The van der Waals surface area contributed by atoms with Gasteiger partial charge in [-0.1, -0.05) is 43.7 Å². The van der Waals surface area contributed by atoms with Crippen molar-refractivity contribution >= 4 is 0 Å². The van der Waals surface area contributed by atoms with Crippen molar-refractivity contribution in [1.29, 1.82) is 0 Å². The van der Waals surface area contributed by atoms with Gasteiger partial charge in [-0.25, -0.2) is 4.39 Å². The number of allylic oxidation sites excluding steroid dienone is 4. The summed E-state index contributed by atoms with van der Waals surface area (Å²) in [6, 6.07) is 6.77. The molecule has 0 saturated heterocycles. The van der Waals surface area contributed by atoms with Gasteiger partial charge in [0.1, 0.15) is 5.82 Å². The molecule has 84 valence electrons. The van der Waals surface area contributed by atoms with Crippen LogP contribution in [0.3, 0.4) is 0 Å². The van der Waals surface area contributed by atoms with Gasteiger partial charge in [0, 0.05) is 0 Å². The van der Waals surface area contributed by atoms with E-state index in [0.29, 0.717) is 5.92 Å². The molecule has 0 amide bonds. The summed E-state index contributed by atoms with van der Waals surface area (Å²) in [5.74, 6) is 0.463. The van der Waals surface area contributed by atoms with Crippen molar-refractivity contribution < 1.29 is 4.39 Å². The topological polar surface area (TPSA) is 0 Å². The normalized spacial score (nSPS) is 15.2. The third-order valence-electron chi connectivity index (χ3n) is 3.03. The predicted octanol–water partition coefficient (Wildman–Crippen LogP) is 4.28. The fourth-order valence-corrected chi connectivity index (χ4v) is 1.97. The summed E-state index contributed by atoms with van der Waals surface area (Å²) in [5.41, 5.74) is 4.03. The van der Waals surface area contributed by atoms with Gasteiger partial charge in [0.2, 0.25) is 0 Å². The Balaban J connectivity index is 2.04. The minimum atomic E-state index is -0.164. The average Bonchev–Trinajstić information content (AvgIpc) is 2.70. The zero-order chi connectivity index (χ0) is 11.5. The van der Waals surface area contributed by atoms with Crippen LogP contribution in [-0.4, -0.2) is 0 Å². The average molecular weight is 216 g/mol. The Morgan fingerprint density at radius 3 is 2.44 bits per heavy atom. The molecule has 0 aliphatic heterocycles. The molecule has 0 N–H and O–H groups in total. The van der Waals surface area contributed by atoms with Gasteiger partial charge >= 0.3 is 0 Å². The van der Waals surface area contributed by atoms with E-state index in [2.05, 4.69) is 26.0 Å². The largest absolute Gasteiger partial charge is 0.207 e. The van der Waals surface area contributed by atoms with Crippen molar-refractivity contribution in [3.05, 3.63) is 58.9 Å². The van der Waals surface area contributed by atoms with Crippen molar-refractivity contribution in [2.24, 2.45) is 5.92 Å². The van der Waals surface area contributed by atoms with E-state index in [4.69, 9.17) is 0 Å². The molecule has 0 fully saturated rings. The number of hydrogen-bond donors (Lipinski definition) is 0. The molecular formula is C15H17F. The molecule has 1 aliphatic rings. The second-order valence-electron chi connectivity index (χ2n) is 4.66. The molecule has 0 heterocycles.